The highest BCUT2D eigenvalue weighted by atomic mass is 16.1. The maximum atomic E-state index is 12.0. The highest BCUT2D eigenvalue weighted by Crippen LogP contribution is 2.26. The first-order valence-electron chi connectivity index (χ1n) is 12.7. The molecule has 5 aromatic rings. The summed E-state index contributed by atoms with van der Waals surface area (Å²) < 4.78 is 2.32. The van der Waals surface area contributed by atoms with Crippen LogP contribution in [0.1, 0.15) is 18.2 Å². The number of aromatic amines is 1. The Morgan fingerprint density at radius 3 is 2.38 bits per heavy atom. The molecule has 186 valence electrons. The van der Waals surface area contributed by atoms with E-state index in [9.17, 15) is 4.79 Å². The van der Waals surface area contributed by atoms with Gasteiger partial charge in [0.15, 0.2) is 0 Å². The average Bonchev–Trinajstić information content (AvgIpc) is 3.31. The number of rotatable bonds is 6. The summed E-state index contributed by atoms with van der Waals surface area (Å²) in [7, 11) is 0. The van der Waals surface area contributed by atoms with E-state index in [1.807, 2.05) is 31.2 Å². The van der Waals surface area contributed by atoms with Crippen molar-refractivity contribution in [1.82, 2.24) is 24.5 Å². The molecule has 0 saturated carbocycles. The number of nitrogens with zero attached hydrogens (tertiary/aromatic N) is 6. The van der Waals surface area contributed by atoms with Crippen LogP contribution in [0.2, 0.25) is 0 Å². The van der Waals surface area contributed by atoms with E-state index in [1.165, 1.54) is 5.56 Å². The van der Waals surface area contributed by atoms with Crippen molar-refractivity contribution in [2.75, 3.05) is 36.0 Å². The molecule has 1 N–H and O–H groups in total. The minimum Gasteiger partial charge on any atom is -0.353 e. The van der Waals surface area contributed by atoms with Gasteiger partial charge in [-0.2, -0.15) is 0 Å². The minimum atomic E-state index is -0.139. The lowest BCUT2D eigenvalue weighted by atomic mass is 10.2. The number of benzene rings is 2. The highest BCUT2D eigenvalue weighted by Gasteiger charge is 2.23. The summed E-state index contributed by atoms with van der Waals surface area (Å²) in [5.41, 5.74) is 4.88. The van der Waals surface area contributed by atoms with Crippen molar-refractivity contribution in [3.05, 3.63) is 101 Å². The second-order valence-corrected chi connectivity index (χ2v) is 9.29. The molecule has 37 heavy (non-hydrogen) atoms. The Balaban J connectivity index is 1.20. The van der Waals surface area contributed by atoms with Gasteiger partial charge in [-0.05, 0) is 36.2 Å². The SMILES string of the molecule is CCc1cc(=O)[nH]c(-c2ccc(N3CCN(c4nc5ccccc5n4Cc4ccccc4)CC3)nc2)n1. The molecule has 0 aliphatic carbocycles. The fourth-order valence-electron chi connectivity index (χ4n) is 4.90. The van der Waals surface area contributed by atoms with Crippen molar-refractivity contribution in [3.8, 4) is 11.4 Å². The number of pyridine rings is 1. The van der Waals surface area contributed by atoms with Crippen LogP contribution >= 0.6 is 0 Å². The van der Waals surface area contributed by atoms with Gasteiger partial charge in [-0.3, -0.25) is 4.79 Å². The molecular formula is C29H29N7O. The van der Waals surface area contributed by atoms with E-state index in [0.717, 1.165) is 66.8 Å². The summed E-state index contributed by atoms with van der Waals surface area (Å²) in [4.78, 5) is 33.7. The summed E-state index contributed by atoms with van der Waals surface area (Å²) in [6, 6.07) is 24.4. The molecule has 6 rings (SSSR count). The molecule has 8 heteroatoms. The second kappa shape index (κ2) is 9.89. The van der Waals surface area contributed by atoms with Crippen LogP contribution < -0.4 is 15.4 Å². The van der Waals surface area contributed by atoms with E-state index in [4.69, 9.17) is 9.97 Å². The van der Waals surface area contributed by atoms with Crippen LogP contribution in [0, 0.1) is 0 Å². The molecule has 3 aromatic heterocycles. The van der Waals surface area contributed by atoms with Gasteiger partial charge in [-0.15, -0.1) is 0 Å². The highest BCUT2D eigenvalue weighted by molar-refractivity contribution is 5.79. The Morgan fingerprint density at radius 1 is 0.865 bits per heavy atom. The lowest BCUT2D eigenvalue weighted by molar-refractivity contribution is 0.621. The lowest BCUT2D eigenvalue weighted by Crippen LogP contribution is -2.47. The Hall–Kier alpha value is -4.46. The van der Waals surface area contributed by atoms with E-state index < -0.39 is 0 Å². The van der Waals surface area contributed by atoms with Gasteiger partial charge >= 0.3 is 0 Å². The molecule has 1 saturated heterocycles. The van der Waals surface area contributed by atoms with Crippen molar-refractivity contribution < 1.29 is 0 Å². The van der Waals surface area contributed by atoms with Gasteiger partial charge in [-0.1, -0.05) is 49.4 Å². The predicted molar refractivity (Wildman–Crippen MR) is 147 cm³/mol. The zero-order chi connectivity index (χ0) is 25.2. The third kappa shape index (κ3) is 4.70. The number of H-pyrrole nitrogens is 1. The van der Waals surface area contributed by atoms with E-state index >= 15 is 0 Å². The number of aromatic nitrogens is 5. The lowest BCUT2D eigenvalue weighted by Gasteiger charge is -2.36. The monoisotopic (exact) mass is 491 g/mol. The van der Waals surface area contributed by atoms with Gasteiger partial charge in [0.25, 0.3) is 5.56 Å². The van der Waals surface area contributed by atoms with Crippen molar-refractivity contribution in [3.63, 3.8) is 0 Å². The van der Waals surface area contributed by atoms with Crippen LogP contribution in [0.5, 0.6) is 0 Å². The summed E-state index contributed by atoms with van der Waals surface area (Å²) in [5, 5.41) is 0. The molecule has 0 amide bonds. The van der Waals surface area contributed by atoms with Crippen molar-refractivity contribution in [2.45, 2.75) is 19.9 Å². The molecule has 0 radical (unpaired) electrons. The van der Waals surface area contributed by atoms with E-state index in [0.29, 0.717) is 12.2 Å². The third-order valence-corrected chi connectivity index (χ3v) is 6.88. The van der Waals surface area contributed by atoms with Crippen molar-refractivity contribution in [1.29, 1.82) is 0 Å². The predicted octanol–water partition coefficient (Wildman–Crippen LogP) is 4.12. The van der Waals surface area contributed by atoms with E-state index in [-0.39, 0.29) is 5.56 Å². The largest absolute Gasteiger partial charge is 0.353 e. The average molecular weight is 492 g/mol. The van der Waals surface area contributed by atoms with Gasteiger partial charge in [0.05, 0.1) is 17.6 Å². The van der Waals surface area contributed by atoms with Crippen molar-refractivity contribution >= 4 is 22.8 Å². The van der Waals surface area contributed by atoms with Crippen LogP contribution in [0.15, 0.2) is 83.8 Å². The summed E-state index contributed by atoms with van der Waals surface area (Å²) in [6.45, 7) is 6.19. The number of aryl methyl sites for hydroxylation is 1. The maximum Gasteiger partial charge on any atom is 0.251 e. The number of nitrogens with one attached hydrogen (secondary N) is 1. The fourth-order valence-corrected chi connectivity index (χ4v) is 4.90. The van der Waals surface area contributed by atoms with Crippen LogP contribution in [0.25, 0.3) is 22.4 Å². The van der Waals surface area contributed by atoms with Gasteiger partial charge < -0.3 is 19.4 Å². The minimum absolute atomic E-state index is 0.139. The van der Waals surface area contributed by atoms with Crippen LogP contribution in [-0.2, 0) is 13.0 Å². The molecule has 1 fully saturated rings. The summed E-state index contributed by atoms with van der Waals surface area (Å²) in [5.74, 6) is 2.50. The third-order valence-electron chi connectivity index (χ3n) is 6.88. The van der Waals surface area contributed by atoms with E-state index in [1.54, 1.807) is 12.3 Å². The maximum absolute atomic E-state index is 12.0. The Bertz CT molecular complexity index is 1570. The van der Waals surface area contributed by atoms with Gasteiger partial charge in [-0.25, -0.2) is 15.0 Å². The number of piperazine rings is 1. The molecule has 2 aromatic carbocycles. The molecule has 4 heterocycles. The smallest absolute Gasteiger partial charge is 0.251 e. The summed E-state index contributed by atoms with van der Waals surface area (Å²) >= 11 is 0. The number of hydrogen-bond acceptors (Lipinski definition) is 6. The fraction of sp³-hybridized carbons (Fsp3) is 0.241. The first-order chi connectivity index (χ1) is 18.2. The topological polar surface area (TPSA) is 82.9 Å². The molecule has 1 aliphatic rings. The van der Waals surface area contributed by atoms with Crippen LogP contribution in [0.3, 0.4) is 0 Å². The van der Waals surface area contributed by atoms with Gasteiger partial charge in [0, 0.05) is 49.7 Å². The number of fused-ring (bicyclic) bond motifs is 1. The molecule has 0 unspecified atom stereocenters. The first-order valence-corrected chi connectivity index (χ1v) is 12.7. The summed E-state index contributed by atoms with van der Waals surface area (Å²) in [6.07, 6.45) is 2.50. The van der Waals surface area contributed by atoms with Gasteiger partial charge in [0.2, 0.25) is 5.95 Å². The molecule has 1 aliphatic heterocycles. The van der Waals surface area contributed by atoms with Crippen LogP contribution in [0.4, 0.5) is 11.8 Å². The number of para-hydroxylation sites is 2. The van der Waals surface area contributed by atoms with Crippen LogP contribution in [-0.4, -0.2) is 50.7 Å². The normalized spacial score (nSPS) is 13.9. The molecule has 8 nitrogen and oxygen atoms in total. The van der Waals surface area contributed by atoms with E-state index in [2.05, 4.69) is 66.8 Å². The molecule has 0 spiro atoms. The second-order valence-electron chi connectivity index (χ2n) is 9.29. The Labute approximate surface area is 215 Å². The zero-order valence-electron chi connectivity index (χ0n) is 20.8. The Kier molecular flexibility index (Phi) is 6.14. The van der Waals surface area contributed by atoms with Gasteiger partial charge in [0.1, 0.15) is 11.6 Å². The van der Waals surface area contributed by atoms with Crippen molar-refractivity contribution in [2.24, 2.45) is 0 Å². The Morgan fingerprint density at radius 2 is 1.62 bits per heavy atom. The molecule has 0 bridgehead atoms. The molecule has 0 atom stereocenters. The number of imidazole rings is 1. The first kappa shape index (κ1) is 23.0. The standard InChI is InChI=1S/C29H29N7O/c1-2-23-18-27(37)33-28(31-23)22-12-13-26(30-19-22)34-14-16-35(17-15-34)29-32-24-10-6-7-11-25(24)36(29)20-21-8-4-3-5-9-21/h3-13,18-19H,2,14-17,20H2,1H3,(H,31,33,37). The molecular weight excluding hydrogens is 462 g/mol. The quantitative estimate of drug-likeness (QED) is 0.385. The number of hydrogen-bond donors (Lipinski definition) is 1. The number of anilines is 2. The zero-order valence-corrected chi connectivity index (χ0v) is 20.8.